The van der Waals surface area contributed by atoms with E-state index in [1.165, 1.54) is 5.56 Å². The Morgan fingerprint density at radius 3 is 2.55 bits per heavy atom. The van der Waals surface area contributed by atoms with Crippen LogP contribution < -0.4 is 11.2 Å². The molecule has 1 heterocycles. The van der Waals surface area contributed by atoms with E-state index in [1.54, 1.807) is 4.68 Å². The second kappa shape index (κ2) is 5.79. The number of hydrogen-bond donors (Lipinski definition) is 2. The Balaban J connectivity index is 2.34. The van der Waals surface area contributed by atoms with Crippen LogP contribution in [-0.2, 0) is 0 Å². The highest BCUT2D eigenvalue weighted by Crippen LogP contribution is 2.13. The number of aryl methyl sites for hydroxylation is 1. The molecule has 104 valence electrons. The molecule has 0 aliphatic rings. The molecule has 7 heteroatoms. The Kier molecular flexibility index (Phi) is 4.09. The largest absolute Gasteiger partial charge is 0.375 e. The highest BCUT2D eigenvalue weighted by molar-refractivity contribution is 7.80. The first-order chi connectivity index (χ1) is 9.49. The molecule has 20 heavy (non-hydrogen) atoms. The highest BCUT2D eigenvalue weighted by atomic mass is 32.1. The second-order valence-electron chi connectivity index (χ2n) is 4.44. The number of benzene rings is 1. The molecule has 0 radical (unpaired) electrons. The summed E-state index contributed by atoms with van der Waals surface area (Å²) in [7, 11) is 0. The van der Waals surface area contributed by atoms with Crippen LogP contribution in [0.2, 0.25) is 0 Å². The lowest BCUT2D eigenvalue weighted by molar-refractivity contribution is 0.784. The summed E-state index contributed by atoms with van der Waals surface area (Å²) in [6.45, 7) is 5.80. The molecule has 1 aromatic heterocycles. The number of hydrogen-bond acceptors (Lipinski definition) is 4. The molecule has 6 nitrogen and oxygen atoms in total. The van der Waals surface area contributed by atoms with Crippen LogP contribution >= 0.6 is 12.2 Å². The summed E-state index contributed by atoms with van der Waals surface area (Å²) >= 11 is 4.71. The van der Waals surface area contributed by atoms with Gasteiger partial charge in [0.05, 0.1) is 17.1 Å². The topological polar surface area (TPSA) is 81.1 Å². The van der Waals surface area contributed by atoms with Gasteiger partial charge in [0.25, 0.3) is 0 Å². The normalized spacial score (nSPS) is 11.4. The van der Waals surface area contributed by atoms with Crippen LogP contribution in [0.15, 0.2) is 29.4 Å². The molecule has 0 amide bonds. The molecule has 0 bridgehead atoms. The molecule has 0 aliphatic heterocycles. The van der Waals surface area contributed by atoms with Gasteiger partial charge in [-0.2, -0.15) is 5.10 Å². The lowest BCUT2D eigenvalue weighted by Gasteiger charge is -2.04. The predicted octanol–water partition coefficient (Wildman–Crippen LogP) is 1.44. The molecule has 0 unspecified atom stereocenters. The molecular weight excluding hydrogens is 272 g/mol. The molecule has 0 spiro atoms. The SMILES string of the molecule is C/C(=N\NC(N)=S)c1nnn(-c2ccc(C)cc2)c1C. The molecule has 0 saturated heterocycles. The standard InChI is InChI=1S/C13H16N6S/c1-8-4-6-11(7-5-8)19-10(3)12(16-18-19)9(2)15-17-13(14)20/h4-7H,1-3H3,(H3,14,17,20)/b15-9+. The smallest absolute Gasteiger partial charge is 0.184 e. The van der Waals surface area contributed by atoms with Crippen LogP contribution in [0.5, 0.6) is 0 Å². The van der Waals surface area contributed by atoms with Crippen molar-refractivity contribution in [2.75, 3.05) is 0 Å². The average molecular weight is 288 g/mol. The molecule has 3 N–H and O–H groups in total. The van der Waals surface area contributed by atoms with E-state index in [4.69, 9.17) is 18.0 Å². The lowest BCUT2D eigenvalue weighted by atomic mass is 10.2. The maximum atomic E-state index is 5.34. The number of aromatic nitrogens is 3. The van der Waals surface area contributed by atoms with Gasteiger partial charge in [0.1, 0.15) is 5.69 Å². The quantitative estimate of drug-likeness (QED) is 0.507. The van der Waals surface area contributed by atoms with E-state index in [0.29, 0.717) is 11.4 Å². The van der Waals surface area contributed by atoms with Gasteiger partial charge < -0.3 is 5.73 Å². The van der Waals surface area contributed by atoms with Crippen molar-refractivity contribution in [3.8, 4) is 5.69 Å². The zero-order valence-corrected chi connectivity index (χ0v) is 12.4. The Morgan fingerprint density at radius 2 is 1.95 bits per heavy atom. The monoisotopic (exact) mass is 288 g/mol. The van der Waals surface area contributed by atoms with Crippen molar-refractivity contribution in [2.45, 2.75) is 20.8 Å². The van der Waals surface area contributed by atoms with Gasteiger partial charge in [0.15, 0.2) is 5.11 Å². The van der Waals surface area contributed by atoms with Gasteiger partial charge >= 0.3 is 0 Å². The van der Waals surface area contributed by atoms with E-state index in [9.17, 15) is 0 Å². The fraction of sp³-hybridized carbons (Fsp3) is 0.231. The number of hydrazone groups is 1. The van der Waals surface area contributed by atoms with E-state index >= 15 is 0 Å². The Morgan fingerprint density at radius 1 is 1.30 bits per heavy atom. The van der Waals surface area contributed by atoms with Crippen LogP contribution in [-0.4, -0.2) is 25.8 Å². The molecule has 2 aromatic rings. The zero-order chi connectivity index (χ0) is 14.7. The van der Waals surface area contributed by atoms with Gasteiger partial charge in [0.2, 0.25) is 0 Å². The van der Waals surface area contributed by atoms with Crippen LogP contribution in [0.3, 0.4) is 0 Å². The number of rotatable bonds is 3. The van der Waals surface area contributed by atoms with Crippen molar-refractivity contribution in [2.24, 2.45) is 10.8 Å². The molecular formula is C13H16N6S. The third kappa shape index (κ3) is 3.00. The van der Waals surface area contributed by atoms with Gasteiger partial charge in [-0.05, 0) is 45.1 Å². The van der Waals surface area contributed by atoms with E-state index in [2.05, 4.69) is 20.8 Å². The van der Waals surface area contributed by atoms with Crippen molar-refractivity contribution in [1.82, 2.24) is 20.4 Å². The number of thiocarbonyl (C=S) groups is 1. The first kappa shape index (κ1) is 14.1. The summed E-state index contributed by atoms with van der Waals surface area (Å²) in [5, 5.41) is 12.5. The summed E-state index contributed by atoms with van der Waals surface area (Å²) in [4.78, 5) is 0. The van der Waals surface area contributed by atoms with E-state index in [-0.39, 0.29) is 5.11 Å². The summed E-state index contributed by atoms with van der Waals surface area (Å²) in [6.07, 6.45) is 0. The summed E-state index contributed by atoms with van der Waals surface area (Å²) < 4.78 is 1.77. The van der Waals surface area contributed by atoms with E-state index < -0.39 is 0 Å². The van der Waals surface area contributed by atoms with E-state index in [1.807, 2.05) is 45.0 Å². The van der Waals surface area contributed by atoms with E-state index in [0.717, 1.165) is 11.4 Å². The van der Waals surface area contributed by atoms with Crippen molar-refractivity contribution in [3.63, 3.8) is 0 Å². The van der Waals surface area contributed by atoms with Crippen LogP contribution in [0.4, 0.5) is 0 Å². The maximum Gasteiger partial charge on any atom is 0.184 e. The van der Waals surface area contributed by atoms with Crippen molar-refractivity contribution in [3.05, 3.63) is 41.2 Å². The van der Waals surface area contributed by atoms with Crippen molar-refractivity contribution >= 4 is 23.0 Å². The van der Waals surface area contributed by atoms with Crippen LogP contribution in [0, 0.1) is 13.8 Å². The minimum Gasteiger partial charge on any atom is -0.375 e. The summed E-state index contributed by atoms with van der Waals surface area (Å²) in [6, 6.07) is 8.07. The van der Waals surface area contributed by atoms with Gasteiger partial charge in [-0.3, -0.25) is 5.43 Å². The Labute approximate surface area is 122 Å². The average Bonchev–Trinajstić information content (AvgIpc) is 2.79. The van der Waals surface area contributed by atoms with Gasteiger partial charge in [-0.1, -0.05) is 22.9 Å². The van der Waals surface area contributed by atoms with Crippen molar-refractivity contribution in [1.29, 1.82) is 0 Å². The molecule has 0 aliphatic carbocycles. The lowest BCUT2D eigenvalue weighted by Crippen LogP contribution is -2.25. The number of nitrogens with zero attached hydrogens (tertiary/aromatic N) is 4. The predicted molar refractivity (Wildman–Crippen MR) is 83.0 cm³/mol. The molecule has 1 aromatic carbocycles. The minimum absolute atomic E-state index is 0.118. The molecule has 0 atom stereocenters. The zero-order valence-electron chi connectivity index (χ0n) is 11.6. The first-order valence-corrected chi connectivity index (χ1v) is 6.49. The maximum absolute atomic E-state index is 5.34. The summed E-state index contributed by atoms with van der Waals surface area (Å²) in [5.41, 5.74) is 12.3. The fourth-order valence-corrected chi connectivity index (χ4v) is 1.83. The van der Waals surface area contributed by atoms with Gasteiger partial charge in [-0.25, -0.2) is 4.68 Å². The molecule has 0 saturated carbocycles. The Hall–Kier alpha value is -2.28. The first-order valence-electron chi connectivity index (χ1n) is 6.08. The fourth-order valence-electron chi connectivity index (χ4n) is 1.79. The highest BCUT2D eigenvalue weighted by Gasteiger charge is 2.12. The van der Waals surface area contributed by atoms with Crippen LogP contribution in [0.1, 0.15) is 23.9 Å². The number of nitrogens with one attached hydrogen (secondary N) is 1. The van der Waals surface area contributed by atoms with Crippen LogP contribution in [0.25, 0.3) is 5.69 Å². The van der Waals surface area contributed by atoms with Gasteiger partial charge in [-0.15, -0.1) is 5.10 Å². The Bertz CT molecular complexity index is 656. The number of nitrogens with two attached hydrogens (primary N) is 1. The molecule has 2 rings (SSSR count). The molecule has 0 fully saturated rings. The third-order valence-electron chi connectivity index (χ3n) is 2.85. The van der Waals surface area contributed by atoms with Gasteiger partial charge in [0, 0.05) is 0 Å². The third-order valence-corrected chi connectivity index (χ3v) is 2.94. The van der Waals surface area contributed by atoms with Crippen molar-refractivity contribution < 1.29 is 0 Å². The second-order valence-corrected chi connectivity index (χ2v) is 4.88. The summed E-state index contributed by atoms with van der Waals surface area (Å²) in [5.74, 6) is 0. The minimum atomic E-state index is 0.118.